The number of nitrogens with zero attached hydrogens (tertiary/aromatic N) is 1. The lowest BCUT2D eigenvalue weighted by atomic mass is 10.2. The Hall–Kier alpha value is -1.76. The normalized spacial score (nSPS) is 12.3. The van der Waals surface area contributed by atoms with Gasteiger partial charge in [0.2, 0.25) is 0 Å². The SMILES string of the molecule is C=C/C=C\c1c(C)n(C)/c(=C/C=C)c1=C. The molecular formula is C14H17N. The summed E-state index contributed by atoms with van der Waals surface area (Å²) in [4.78, 5) is 0. The molecule has 0 aliphatic heterocycles. The lowest BCUT2D eigenvalue weighted by Crippen LogP contribution is -2.26. The maximum Gasteiger partial charge on any atom is 0.0479 e. The molecule has 0 saturated heterocycles. The maximum absolute atomic E-state index is 4.09. The molecule has 0 spiro atoms. The smallest absolute Gasteiger partial charge is 0.0479 e. The number of allylic oxidation sites excluding steroid dienone is 3. The quantitative estimate of drug-likeness (QED) is 0.655. The zero-order valence-electron chi connectivity index (χ0n) is 9.46. The second-order valence-corrected chi connectivity index (χ2v) is 3.42. The molecule has 0 aromatic carbocycles. The highest BCUT2D eigenvalue weighted by Crippen LogP contribution is 2.01. The Bertz CT molecular complexity index is 513. The molecule has 1 heterocycles. The average Bonchev–Trinajstić information content (AvgIpc) is 2.42. The van der Waals surface area contributed by atoms with Crippen molar-refractivity contribution in [1.82, 2.24) is 4.57 Å². The average molecular weight is 199 g/mol. The van der Waals surface area contributed by atoms with Gasteiger partial charge in [-0.1, -0.05) is 44.0 Å². The third-order valence-corrected chi connectivity index (χ3v) is 2.56. The van der Waals surface area contributed by atoms with Crippen molar-refractivity contribution in [3.63, 3.8) is 0 Å². The van der Waals surface area contributed by atoms with Crippen LogP contribution in [0.25, 0.3) is 18.7 Å². The molecule has 1 aromatic heterocycles. The first kappa shape index (κ1) is 11.3. The van der Waals surface area contributed by atoms with Crippen molar-refractivity contribution in [2.24, 2.45) is 7.05 Å². The van der Waals surface area contributed by atoms with Gasteiger partial charge in [-0.3, -0.25) is 0 Å². The fourth-order valence-corrected chi connectivity index (χ4v) is 1.63. The maximum atomic E-state index is 4.09. The minimum Gasteiger partial charge on any atom is -0.347 e. The standard InChI is InChI=1S/C14H17N/c1-6-8-10-13-11(3)14(9-7-2)15(5)12(13)4/h6-10H,1-3H2,4-5H3/b10-8-,14-9+. The number of hydrogen-bond acceptors (Lipinski definition) is 0. The third-order valence-electron chi connectivity index (χ3n) is 2.56. The van der Waals surface area contributed by atoms with Crippen molar-refractivity contribution in [2.45, 2.75) is 6.92 Å². The third kappa shape index (κ3) is 2.01. The van der Waals surface area contributed by atoms with E-state index in [-0.39, 0.29) is 0 Å². The van der Waals surface area contributed by atoms with Gasteiger partial charge >= 0.3 is 0 Å². The van der Waals surface area contributed by atoms with Crippen LogP contribution in [-0.2, 0) is 7.05 Å². The first-order chi connectivity index (χ1) is 7.13. The summed E-state index contributed by atoms with van der Waals surface area (Å²) in [7, 11) is 2.03. The lowest BCUT2D eigenvalue weighted by Gasteiger charge is -1.96. The van der Waals surface area contributed by atoms with E-state index in [0.29, 0.717) is 0 Å². The summed E-state index contributed by atoms with van der Waals surface area (Å²) in [5.41, 5.74) is 2.36. The Balaban J connectivity index is 3.57. The molecule has 15 heavy (non-hydrogen) atoms. The Morgan fingerprint density at radius 2 is 1.87 bits per heavy atom. The molecule has 0 atom stereocenters. The van der Waals surface area contributed by atoms with Crippen molar-refractivity contribution in [3.8, 4) is 0 Å². The van der Waals surface area contributed by atoms with Crippen molar-refractivity contribution in [1.29, 1.82) is 0 Å². The van der Waals surface area contributed by atoms with E-state index in [2.05, 4.69) is 31.2 Å². The molecule has 0 radical (unpaired) electrons. The lowest BCUT2D eigenvalue weighted by molar-refractivity contribution is 0.849. The van der Waals surface area contributed by atoms with Crippen LogP contribution in [0, 0.1) is 6.92 Å². The summed E-state index contributed by atoms with van der Waals surface area (Å²) >= 11 is 0. The van der Waals surface area contributed by atoms with Gasteiger partial charge in [0.25, 0.3) is 0 Å². The zero-order chi connectivity index (χ0) is 11.4. The van der Waals surface area contributed by atoms with Gasteiger partial charge in [-0.2, -0.15) is 0 Å². The van der Waals surface area contributed by atoms with E-state index in [1.165, 1.54) is 5.69 Å². The molecule has 0 aliphatic rings. The molecule has 1 rings (SSSR count). The molecule has 78 valence electrons. The summed E-state index contributed by atoms with van der Waals surface area (Å²) in [6.45, 7) is 13.5. The molecule has 0 unspecified atom stereocenters. The van der Waals surface area contributed by atoms with E-state index in [9.17, 15) is 0 Å². The Morgan fingerprint density at radius 1 is 1.20 bits per heavy atom. The minimum atomic E-state index is 1.04. The highest BCUT2D eigenvalue weighted by molar-refractivity contribution is 5.56. The van der Waals surface area contributed by atoms with Gasteiger partial charge < -0.3 is 4.57 Å². The van der Waals surface area contributed by atoms with Crippen LogP contribution in [0.5, 0.6) is 0 Å². The van der Waals surface area contributed by atoms with E-state index < -0.39 is 0 Å². The highest BCUT2D eigenvalue weighted by Gasteiger charge is 2.03. The van der Waals surface area contributed by atoms with Crippen LogP contribution < -0.4 is 10.6 Å². The molecular weight excluding hydrogens is 182 g/mol. The van der Waals surface area contributed by atoms with E-state index in [1.54, 1.807) is 12.2 Å². The van der Waals surface area contributed by atoms with Crippen LogP contribution in [0.1, 0.15) is 11.3 Å². The van der Waals surface area contributed by atoms with Crippen LogP contribution in [0.3, 0.4) is 0 Å². The van der Waals surface area contributed by atoms with Crippen LogP contribution in [-0.4, -0.2) is 4.57 Å². The molecule has 0 fully saturated rings. The first-order valence-electron chi connectivity index (χ1n) is 4.89. The van der Waals surface area contributed by atoms with Crippen molar-refractivity contribution >= 4 is 18.7 Å². The van der Waals surface area contributed by atoms with E-state index in [4.69, 9.17) is 0 Å². The van der Waals surface area contributed by atoms with E-state index in [1.807, 2.05) is 25.3 Å². The summed E-state index contributed by atoms with van der Waals surface area (Å²) in [5, 5.41) is 2.14. The summed E-state index contributed by atoms with van der Waals surface area (Å²) in [6.07, 6.45) is 9.48. The van der Waals surface area contributed by atoms with Gasteiger partial charge in [0, 0.05) is 23.7 Å². The fourth-order valence-electron chi connectivity index (χ4n) is 1.63. The Kier molecular flexibility index (Phi) is 3.51. The molecule has 0 aliphatic carbocycles. The van der Waals surface area contributed by atoms with Crippen molar-refractivity contribution in [2.75, 3.05) is 0 Å². The number of hydrogen-bond donors (Lipinski definition) is 0. The Labute approximate surface area is 91.1 Å². The molecule has 1 nitrogen and oxygen atoms in total. The second-order valence-electron chi connectivity index (χ2n) is 3.42. The Morgan fingerprint density at radius 3 is 2.40 bits per heavy atom. The monoisotopic (exact) mass is 199 g/mol. The van der Waals surface area contributed by atoms with E-state index >= 15 is 0 Å². The molecule has 1 aromatic rings. The van der Waals surface area contributed by atoms with Gasteiger partial charge in [-0.05, 0) is 18.2 Å². The van der Waals surface area contributed by atoms with Crippen molar-refractivity contribution < 1.29 is 0 Å². The predicted molar refractivity (Wildman–Crippen MR) is 68.8 cm³/mol. The summed E-state index contributed by atoms with van der Waals surface area (Å²) in [6, 6.07) is 0. The summed E-state index contributed by atoms with van der Waals surface area (Å²) in [5.74, 6) is 0. The molecule has 0 saturated carbocycles. The molecule has 0 amide bonds. The topological polar surface area (TPSA) is 4.93 Å². The minimum absolute atomic E-state index is 1.04. The zero-order valence-corrected chi connectivity index (χ0v) is 9.46. The van der Waals surface area contributed by atoms with Gasteiger partial charge in [-0.15, -0.1) is 0 Å². The van der Waals surface area contributed by atoms with Crippen LogP contribution in [0.2, 0.25) is 0 Å². The van der Waals surface area contributed by atoms with Gasteiger partial charge in [0.1, 0.15) is 0 Å². The molecule has 0 N–H and O–H groups in total. The van der Waals surface area contributed by atoms with Gasteiger partial charge in [-0.25, -0.2) is 0 Å². The highest BCUT2D eigenvalue weighted by atomic mass is 14.9. The predicted octanol–water partition coefficient (Wildman–Crippen LogP) is 1.91. The van der Waals surface area contributed by atoms with Crippen LogP contribution in [0.4, 0.5) is 0 Å². The van der Waals surface area contributed by atoms with Gasteiger partial charge in [0.05, 0.1) is 0 Å². The number of aromatic nitrogens is 1. The van der Waals surface area contributed by atoms with Crippen molar-refractivity contribution in [3.05, 3.63) is 53.2 Å². The largest absolute Gasteiger partial charge is 0.347 e. The van der Waals surface area contributed by atoms with Crippen LogP contribution in [0.15, 0.2) is 31.4 Å². The van der Waals surface area contributed by atoms with E-state index in [0.717, 1.165) is 16.1 Å². The first-order valence-corrected chi connectivity index (χ1v) is 4.89. The fraction of sp³-hybridized carbons (Fsp3) is 0.143. The molecule has 1 heteroatoms. The summed E-state index contributed by atoms with van der Waals surface area (Å²) < 4.78 is 2.12. The van der Waals surface area contributed by atoms with Gasteiger partial charge in [0.15, 0.2) is 0 Å². The number of rotatable bonds is 3. The second kappa shape index (κ2) is 4.65. The van der Waals surface area contributed by atoms with Crippen LogP contribution >= 0.6 is 0 Å². The molecule has 0 bridgehead atoms.